The molecule has 27 heavy (non-hydrogen) atoms. The van der Waals surface area contributed by atoms with E-state index in [0.29, 0.717) is 5.03 Å². The van der Waals surface area contributed by atoms with Gasteiger partial charge in [-0.25, -0.2) is 4.98 Å². The highest BCUT2D eigenvalue weighted by Gasteiger charge is 2.18. The van der Waals surface area contributed by atoms with Crippen molar-refractivity contribution >= 4 is 39.2 Å². The lowest BCUT2D eigenvalue weighted by molar-refractivity contribution is -0.119. The number of aromatic nitrogens is 3. The number of hydrogen-bond acceptors (Lipinski definition) is 7. The molecule has 2 heterocycles. The van der Waals surface area contributed by atoms with Crippen LogP contribution >= 0.6 is 23.1 Å². The van der Waals surface area contributed by atoms with Gasteiger partial charge in [0.25, 0.3) is 0 Å². The van der Waals surface area contributed by atoms with Crippen molar-refractivity contribution in [3.8, 4) is 17.0 Å². The van der Waals surface area contributed by atoms with Gasteiger partial charge in [-0.05, 0) is 52.0 Å². The normalized spacial score (nSPS) is 11.6. The SMILES string of the molecule is COc1ccc(-c2nnc(SCC(=O)NC(C)(C)C)c3nc(C)sc23)cc1. The molecule has 0 aliphatic heterocycles. The highest BCUT2D eigenvalue weighted by molar-refractivity contribution is 8.00. The summed E-state index contributed by atoms with van der Waals surface area (Å²) in [5.74, 6) is 1.04. The molecule has 6 nitrogen and oxygen atoms in total. The summed E-state index contributed by atoms with van der Waals surface area (Å²) in [6.07, 6.45) is 0. The van der Waals surface area contributed by atoms with Crippen molar-refractivity contribution in [2.24, 2.45) is 0 Å². The topological polar surface area (TPSA) is 77.0 Å². The van der Waals surface area contributed by atoms with Crippen LogP contribution in [0.1, 0.15) is 25.8 Å². The first-order chi connectivity index (χ1) is 12.8. The Morgan fingerprint density at radius 1 is 1.22 bits per heavy atom. The van der Waals surface area contributed by atoms with Gasteiger partial charge in [-0.1, -0.05) is 11.8 Å². The summed E-state index contributed by atoms with van der Waals surface area (Å²) < 4.78 is 6.20. The fraction of sp³-hybridized carbons (Fsp3) is 0.368. The minimum absolute atomic E-state index is 0.0337. The molecule has 0 saturated carbocycles. The molecule has 1 N–H and O–H groups in total. The average Bonchev–Trinajstić information content (AvgIpc) is 3.00. The summed E-state index contributed by atoms with van der Waals surface area (Å²) in [6.45, 7) is 7.84. The van der Waals surface area contributed by atoms with Gasteiger partial charge in [0.15, 0.2) is 0 Å². The molecule has 1 amide bonds. The van der Waals surface area contributed by atoms with Crippen molar-refractivity contribution in [1.82, 2.24) is 20.5 Å². The van der Waals surface area contributed by atoms with Gasteiger partial charge in [0, 0.05) is 11.1 Å². The molecule has 142 valence electrons. The number of thiazole rings is 1. The summed E-state index contributed by atoms with van der Waals surface area (Å²) in [7, 11) is 1.64. The molecule has 0 aliphatic carbocycles. The van der Waals surface area contributed by atoms with Crippen LogP contribution in [-0.2, 0) is 4.79 Å². The fourth-order valence-electron chi connectivity index (χ4n) is 2.54. The van der Waals surface area contributed by atoms with E-state index in [-0.39, 0.29) is 17.2 Å². The van der Waals surface area contributed by atoms with Gasteiger partial charge >= 0.3 is 0 Å². The summed E-state index contributed by atoms with van der Waals surface area (Å²) >= 11 is 2.94. The number of nitrogens with zero attached hydrogens (tertiary/aromatic N) is 3. The van der Waals surface area contributed by atoms with Crippen LogP contribution in [0.25, 0.3) is 21.5 Å². The maximum atomic E-state index is 12.1. The molecule has 0 fully saturated rings. The van der Waals surface area contributed by atoms with Crippen LogP contribution in [0, 0.1) is 6.92 Å². The third-order valence-electron chi connectivity index (χ3n) is 3.61. The predicted molar refractivity (Wildman–Crippen MR) is 111 cm³/mol. The largest absolute Gasteiger partial charge is 0.497 e. The highest BCUT2D eigenvalue weighted by atomic mass is 32.2. The first-order valence-electron chi connectivity index (χ1n) is 8.49. The number of fused-ring (bicyclic) bond motifs is 1. The van der Waals surface area contributed by atoms with Gasteiger partial charge in [-0.15, -0.1) is 21.5 Å². The van der Waals surface area contributed by atoms with Gasteiger partial charge in [-0.3, -0.25) is 4.79 Å². The number of ether oxygens (including phenoxy) is 1. The maximum Gasteiger partial charge on any atom is 0.230 e. The van der Waals surface area contributed by atoms with Crippen LogP contribution in [0.3, 0.4) is 0 Å². The molecule has 1 aromatic carbocycles. The Hall–Kier alpha value is -2.19. The Labute approximate surface area is 166 Å². The third-order valence-corrected chi connectivity index (χ3v) is 5.54. The number of amides is 1. The first-order valence-corrected chi connectivity index (χ1v) is 10.3. The smallest absolute Gasteiger partial charge is 0.230 e. The lowest BCUT2D eigenvalue weighted by Gasteiger charge is -2.20. The van der Waals surface area contributed by atoms with Crippen LogP contribution < -0.4 is 10.1 Å². The van der Waals surface area contributed by atoms with Gasteiger partial charge in [0.05, 0.1) is 22.6 Å². The number of thioether (sulfide) groups is 1. The van der Waals surface area contributed by atoms with Gasteiger partial charge < -0.3 is 10.1 Å². The van der Waals surface area contributed by atoms with Crippen LogP contribution in [0.4, 0.5) is 0 Å². The van der Waals surface area contributed by atoms with Gasteiger partial charge in [0.2, 0.25) is 5.91 Å². The molecule has 3 rings (SSSR count). The molecular weight excluding hydrogens is 380 g/mol. The summed E-state index contributed by atoms with van der Waals surface area (Å²) in [5, 5.41) is 13.3. The highest BCUT2D eigenvalue weighted by Crippen LogP contribution is 2.35. The average molecular weight is 403 g/mol. The second-order valence-corrected chi connectivity index (χ2v) is 9.25. The zero-order valence-electron chi connectivity index (χ0n) is 16.0. The third kappa shape index (κ3) is 4.75. The first kappa shape index (κ1) is 19.6. The molecule has 0 unspecified atom stereocenters. The molecule has 0 spiro atoms. The van der Waals surface area contributed by atoms with Crippen molar-refractivity contribution in [3.05, 3.63) is 29.3 Å². The lowest BCUT2D eigenvalue weighted by Crippen LogP contribution is -2.41. The predicted octanol–water partition coefficient (Wildman–Crippen LogP) is 4.08. The van der Waals surface area contributed by atoms with E-state index in [9.17, 15) is 4.79 Å². The van der Waals surface area contributed by atoms with E-state index in [4.69, 9.17) is 4.74 Å². The Bertz CT molecular complexity index is 962. The summed E-state index contributed by atoms with van der Waals surface area (Å²) in [5.41, 5.74) is 2.29. The lowest BCUT2D eigenvalue weighted by atomic mass is 10.1. The minimum atomic E-state index is -0.256. The van der Waals surface area contributed by atoms with E-state index in [2.05, 4.69) is 20.5 Å². The number of hydrogen-bond donors (Lipinski definition) is 1. The van der Waals surface area contributed by atoms with Crippen molar-refractivity contribution < 1.29 is 9.53 Å². The molecular formula is C19H22N4O2S2. The molecule has 3 aromatic rings. The Morgan fingerprint density at radius 2 is 1.93 bits per heavy atom. The molecule has 0 bridgehead atoms. The number of methoxy groups -OCH3 is 1. The number of nitrogens with one attached hydrogen (secondary N) is 1. The molecule has 0 atom stereocenters. The van der Waals surface area contributed by atoms with E-state index in [1.54, 1.807) is 18.4 Å². The quantitative estimate of drug-likeness (QED) is 0.648. The number of aryl methyl sites for hydroxylation is 1. The molecule has 0 aliphatic rings. The Kier molecular flexibility index (Phi) is 5.67. The van der Waals surface area contributed by atoms with Crippen molar-refractivity contribution in [2.75, 3.05) is 12.9 Å². The maximum absolute atomic E-state index is 12.1. The molecule has 0 saturated heterocycles. The second kappa shape index (κ2) is 7.82. The van der Waals surface area contributed by atoms with Crippen molar-refractivity contribution in [3.63, 3.8) is 0 Å². The molecule has 8 heteroatoms. The van der Waals surface area contributed by atoms with E-state index in [1.165, 1.54) is 11.8 Å². The standard InChI is InChI=1S/C19H22N4O2S2/c1-11-20-16-17(27-11)15(12-6-8-13(25-5)9-7-12)22-23-18(16)26-10-14(24)21-19(2,3)4/h6-9H,10H2,1-5H3,(H,21,24). The van der Waals surface area contributed by atoms with Gasteiger partial charge in [-0.2, -0.15) is 0 Å². The van der Waals surface area contributed by atoms with E-state index in [1.807, 2.05) is 52.0 Å². The zero-order chi connectivity index (χ0) is 19.6. The number of benzene rings is 1. The fourth-order valence-corrected chi connectivity index (χ4v) is 4.26. The Morgan fingerprint density at radius 3 is 2.56 bits per heavy atom. The van der Waals surface area contributed by atoms with Crippen molar-refractivity contribution in [2.45, 2.75) is 38.3 Å². The minimum Gasteiger partial charge on any atom is -0.497 e. The monoisotopic (exact) mass is 402 g/mol. The van der Waals surface area contributed by atoms with Crippen molar-refractivity contribution in [1.29, 1.82) is 0 Å². The summed E-state index contributed by atoms with van der Waals surface area (Å²) in [6, 6.07) is 7.72. The van der Waals surface area contributed by atoms with E-state index < -0.39 is 0 Å². The number of carbonyl (C=O) groups excluding carboxylic acids is 1. The van der Waals surface area contributed by atoms with Crippen LogP contribution in [-0.4, -0.2) is 39.5 Å². The van der Waals surface area contributed by atoms with Crippen LogP contribution in [0.5, 0.6) is 5.75 Å². The molecule has 2 aromatic heterocycles. The molecule has 0 radical (unpaired) electrons. The van der Waals surface area contributed by atoms with Gasteiger partial charge in [0.1, 0.15) is 22.0 Å². The van der Waals surface area contributed by atoms with Crippen LogP contribution in [0.2, 0.25) is 0 Å². The zero-order valence-corrected chi connectivity index (χ0v) is 17.6. The van der Waals surface area contributed by atoms with E-state index in [0.717, 1.165) is 32.2 Å². The van der Waals surface area contributed by atoms with Crippen LogP contribution in [0.15, 0.2) is 29.3 Å². The number of carbonyl (C=O) groups is 1. The number of rotatable bonds is 5. The Balaban J connectivity index is 1.89. The van der Waals surface area contributed by atoms with E-state index >= 15 is 0 Å². The second-order valence-electron chi connectivity index (χ2n) is 7.08. The summed E-state index contributed by atoms with van der Waals surface area (Å²) in [4.78, 5) is 16.7.